The molecule has 2 rings (SSSR count). The highest BCUT2D eigenvalue weighted by atomic mass is 19.2. The number of carbonyl (C=O) groups is 1. The first-order valence-corrected chi connectivity index (χ1v) is 4.56. The summed E-state index contributed by atoms with van der Waals surface area (Å²) in [5, 5.41) is -0.391. The molecule has 3 nitrogen and oxygen atoms in total. The Morgan fingerprint density at radius 2 is 2.00 bits per heavy atom. The highest BCUT2D eigenvalue weighted by Crippen LogP contribution is 2.25. The van der Waals surface area contributed by atoms with Gasteiger partial charge in [-0.2, -0.15) is 0 Å². The summed E-state index contributed by atoms with van der Waals surface area (Å²) in [5.41, 5.74) is -0.349. The maximum atomic E-state index is 13.6. The normalized spacial score (nSPS) is 10.6. The molecule has 2 aromatic rings. The number of halogens is 3. The molecule has 0 radical (unpaired) electrons. The summed E-state index contributed by atoms with van der Waals surface area (Å²) in [5.74, 6) is -5.30. The fourth-order valence-electron chi connectivity index (χ4n) is 1.50. The van der Waals surface area contributed by atoms with Gasteiger partial charge in [-0.1, -0.05) is 0 Å². The number of fused-ring (bicyclic) bond motifs is 1. The maximum Gasteiger partial charge on any atom is 0.338 e. The molecule has 0 bridgehead atoms. The van der Waals surface area contributed by atoms with Gasteiger partial charge >= 0.3 is 5.97 Å². The molecular weight excluding hydrogens is 235 g/mol. The second-order valence-electron chi connectivity index (χ2n) is 3.23. The van der Waals surface area contributed by atoms with E-state index in [4.69, 9.17) is 0 Å². The smallest absolute Gasteiger partial charge is 0.338 e. The summed E-state index contributed by atoms with van der Waals surface area (Å²) in [6.07, 6.45) is 1.19. The van der Waals surface area contributed by atoms with Crippen LogP contribution in [0.4, 0.5) is 13.2 Å². The van der Waals surface area contributed by atoms with Crippen LogP contribution in [0.1, 0.15) is 10.4 Å². The largest absolute Gasteiger partial charge is 0.465 e. The van der Waals surface area contributed by atoms with Crippen LogP contribution >= 0.6 is 0 Å². The van der Waals surface area contributed by atoms with E-state index in [1.165, 1.54) is 12.3 Å². The highest BCUT2D eigenvalue weighted by Gasteiger charge is 2.20. The Morgan fingerprint density at radius 3 is 2.65 bits per heavy atom. The molecule has 0 aliphatic carbocycles. The molecule has 0 N–H and O–H groups in total. The van der Waals surface area contributed by atoms with Gasteiger partial charge in [0, 0.05) is 12.3 Å². The van der Waals surface area contributed by atoms with E-state index in [1.807, 2.05) is 0 Å². The molecule has 0 aliphatic heterocycles. The van der Waals surface area contributed by atoms with Crippen molar-refractivity contribution in [1.29, 1.82) is 0 Å². The average Bonchev–Trinajstić information content (AvgIpc) is 2.34. The third kappa shape index (κ3) is 1.71. The quantitative estimate of drug-likeness (QED) is 0.568. The number of nitrogens with zero attached hydrogens (tertiary/aromatic N) is 1. The van der Waals surface area contributed by atoms with Crippen molar-refractivity contribution in [2.75, 3.05) is 7.11 Å². The van der Waals surface area contributed by atoms with Crippen molar-refractivity contribution in [3.63, 3.8) is 0 Å². The van der Waals surface area contributed by atoms with Gasteiger partial charge in [0.1, 0.15) is 0 Å². The lowest BCUT2D eigenvalue weighted by Gasteiger charge is -2.06. The summed E-state index contributed by atoms with van der Waals surface area (Å²) >= 11 is 0. The number of carbonyl (C=O) groups excluding carboxylic acids is 1. The molecule has 0 unspecified atom stereocenters. The van der Waals surface area contributed by atoms with Gasteiger partial charge in [0.05, 0.1) is 23.6 Å². The van der Waals surface area contributed by atoms with E-state index in [9.17, 15) is 18.0 Å². The molecule has 0 saturated heterocycles. The zero-order valence-electron chi connectivity index (χ0n) is 8.63. The molecule has 6 heteroatoms. The number of methoxy groups -OCH3 is 1. The van der Waals surface area contributed by atoms with Crippen LogP contribution in [0.25, 0.3) is 10.9 Å². The van der Waals surface area contributed by atoms with E-state index in [1.54, 1.807) is 0 Å². The molecule has 0 fully saturated rings. The predicted octanol–water partition coefficient (Wildman–Crippen LogP) is 2.44. The number of ether oxygens (including phenoxy) is 1. The molecule has 0 amide bonds. The van der Waals surface area contributed by atoms with Crippen LogP contribution in [0, 0.1) is 17.5 Å². The lowest BCUT2D eigenvalue weighted by Crippen LogP contribution is -2.05. The number of aromatic nitrogens is 1. The van der Waals surface area contributed by atoms with Gasteiger partial charge in [-0.05, 0) is 6.07 Å². The van der Waals surface area contributed by atoms with Crippen molar-refractivity contribution in [3.8, 4) is 0 Å². The van der Waals surface area contributed by atoms with Gasteiger partial charge in [-0.3, -0.25) is 4.98 Å². The third-order valence-corrected chi connectivity index (χ3v) is 2.27. The maximum absolute atomic E-state index is 13.6. The molecule has 88 valence electrons. The molecule has 1 aromatic heterocycles. The Labute approximate surface area is 93.8 Å². The van der Waals surface area contributed by atoms with E-state index in [-0.39, 0.29) is 11.1 Å². The van der Waals surface area contributed by atoms with Crippen molar-refractivity contribution in [1.82, 2.24) is 4.98 Å². The molecule has 1 heterocycles. The Morgan fingerprint density at radius 1 is 1.29 bits per heavy atom. The van der Waals surface area contributed by atoms with Crippen LogP contribution in [-0.4, -0.2) is 18.1 Å². The number of hydrogen-bond donors (Lipinski definition) is 0. The zero-order chi connectivity index (χ0) is 12.6. The molecule has 17 heavy (non-hydrogen) atoms. The second kappa shape index (κ2) is 4.04. The first-order chi connectivity index (χ1) is 8.06. The Bertz CT molecular complexity index is 613. The monoisotopic (exact) mass is 241 g/mol. The van der Waals surface area contributed by atoms with Gasteiger partial charge in [0.25, 0.3) is 0 Å². The second-order valence-corrected chi connectivity index (χ2v) is 3.23. The van der Waals surface area contributed by atoms with Gasteiger partial charge < -0.3 is 4.74 Å². The number of hydrogen-bond acceptors (Lipinski definition) is 3. The fraction of sp³-hybridized carbons (Fsp3) is 0.0909. The summed E-state index contributed by atoms with van der Waals surface area (Å²) in [6.45, 7) is 0. The number of benzene rings is 1. The standard InChI is InChI=1S/C11H6F3NO2/c1-17-11(16)5-2-3-15-7-4-6(12)9(13)10(14)8(5)7/h2-4H,1H3. The van der Waals surface area contributed by atoms with Crippen LogP contribution in [-0.2, 0) is 4.74 Å². The van der Waals surface area contributed by atoms with Crippen LogP contribution in [0.2, 0.25) is 0 Å². The SMILES string of the molecule is COC(=O)c1ccnc2cc(F)c(F)c(F)c12. The van der Waals surface area contributed by atoms with Gasteiger partial charge in [-0.25, -0.2) is 18.0 Å². The minimum atomic E-state index is -1.64. The van der Waals surface area contributed by atoms with Crippen molar-refractivity contribution >= 4 is 16.9 Å². The van der Waals surface area contributed by atoms with E-state index in [0.29, 0.717) is 0 Å². The molecule has 0 saturated carbocycles. The first-order valence-electron chi connectivity index (χ1n) is 4.56. The lowest BCUT2D eigenvalue weighted by molar-refractivity contribution is 0.0602. The Balaban J connectivity index is 2.88. The van der Waals surface area contributed by atoms with Crippen LogP contribution < -0.4 is 0 Å². The summed E-state index contributed by atoms with van der Waals surface area (Å²) in [7, 11) is 1.10. The fourth-order valence-corrected chi connectivity index (χ4v) is 1.50. The van der Waals surface area contributed by atoms with E-state index in [2.05, 4.69) is 9.72 Å². The van der Waals surface area contributed by atoms with Gasteiger partial charge in [0.2, 0.25) is 0 Å². The first kappa shape index (κ1) is 11.4. The molecular formula is C11H6F3NO2. The number of pyridine rings is 1. The number of esters is 1. The van der Waals surface area contributed by atoms with Gasteiger partial charge in [-0.15, -0.1) is 0 Å². The van der Waals surface area contributed by atoms with E-state index >= 15 is 0 Å². The summed E-state index contributed by atoms with van der Waals surface area (Å²) in [6, 6.07) is 1.90. The average molecular weight is 241 g/mol. The topological polar surface area (TPSA) is 39.2 Å². The highest BCUT2D eigenvalue weighted by molar-refractivity contribution is 6.03. The lowest BCUT2D eigenvalue weighted by atomic mass is 10.1. The van der Waals surface area contributed by atoms with Crippen molar-refractivity contribution in [2.24, 2.45) is 0 Å². The predicted molar refractivity (Wildman–Crippen MR) is 53.0 cm³/mol. The summed E-state index contributed by atoms with van der Waals surface area (Å²) < 4.78 is 44.0. The van der Waals surface area contributed by atoms with Crippen molar-refractivity contribution in [2.45, 2.75) is 0 Å². The minimum Gasteiger partial charge on any atom is -0.465 e. The number of rotatable bonds is 1. The van der Waals surface area contributed by atoms with Crippen molar-refractivity contribution < 1.29 is 22.7 Å². The minimum absolute atomic E-state index is 0.149. The Kier molecular flexibility index (Phi) is 2.71. The van der Waals surface area contributed by atoms with E-state index in [0.717, 1.165) is 13.2 Å². The van der Waals surface area contributed by atoms with Crippen LogP contribution in [0.5, 0.6) is 0 Å². The van der Waals surface area contributed by atoms with Gasteiger partial charge in [0.15, 0.2) is 17.5 Å². The van der Waals surface area contributed by atoms with Crippen LogP contribution in [0.3, 0.4) is 0 Å². The zero-order valence-corrected chi connectivity index (χ0v) is 8.63. The summed E-state index contributed by atoms with van der Waals surface area (Å²) in [4.78, 5) is 15.0. The van der Waals surface area contributed by atoms with E-state index < -0.39 is 28.8 Å². The molecule has 0 aliphatic rings. The molecule has 0 atom stereocenters. The Hall–Kier alpha value is -2.11. The molecule has 0 spiro atoms. The van der Waals surface area contributed by atoms with Crippen LogP contribution in [0.15, 0.2) is 18.3 Å². The van der Waals surface area contributed by atoms with Crippen molar-refractivity contribution in [3.05, 3.63) is 41.3 Å². The third-order valence-electron chi connectivity index (χ3n) is 2.27. The molecule has 1 aromatic carbocycles.